The highest BCUT2D eigenvalue weighted by Gasteiger charge is 2.01. The van der Waals surface area contributed by atoms with E-state index in [4.69, 9.17) is 11.5 Å². The number of hydrogen-bond donors (Lipinski definition) is 3. The van der Waals surface area contributed by atoms with E-state index in [9.17, 15) is 4.79 Å². The van der Waals surface area contributed by atoms with Crippen LogP contribution in [0.25, 0.3) is 6.08 Å². The Kier molecular flexibility index (Phi) is 7.40. The predicted octanol–water partition coefficient (Wildman–Crippen LogP) is 3.82. The Morgan fingerprint density at radius 2 is 1.78 bits per heavy atom. The number of carbonyl (C=O) groups is 1. The maximum atomic E-state index is 11.3. The van der Waals surface area contributed by atoms with Crippen LogP contribution in [-0.2, 0) is 4.79 Å². The molecule has 0 aromatic heterocycles. The molecule has 122 valence electrons. The molecule has 2 rings (SSSR count). The molecule has 4 nitrogen and oxygen atoms in total. The van der Waals surface area contributed by atoms with Crippen molar-refractivity contribution in [3.8, 4) is 0 Å². The molecule has 0 unspecified atom stereocenters. The summed E-state index contributed by atoms with van der Waals surface area (Å²) in [4.78, 5) is 11.3. The number of benzene rings is 2. The van der Waals surface area contributed by atoms with Crippen molar-refractivity contribution in [2.45, 2.75) is 13.8 Å². The molecule has 23 heavy (non-hydrogen) atoms. The number of anilines is 3. The van der Waals surface area contributed by atoms with E-state index < -0.39 is 0 Å². The van der Waals surface area contributed by atoms with Crippen LogP contribution in [0, 0.1) is 5.92 Å². The van der Waals surface area contributed by atoms with E-state index in [1.807, 2.05) is 69.4 Å². The molecule has 2 aromatic carbocycles. The summed E-state index contributed by atoms with van der Waals surface area (Å²) in [7, 11) is 1.85. The fourth-order valence-electron chi connectivity index (χ4n) is 1.76. The normalized spacial score (nSPS) is 10.3. The summed E-state index contributed by atoms with van der Waals surface area (Å²) in [5.74, 6) is 0.180. The Hall–Kier alpha value is -2.75. The second-order valence-electron chi connectivity index (χ2n) is 5.40. The van der Waals surface area contributed by atoms with Gasteiger partial charge < -0.3 is 16.8 Å². The Labute approximate surface area is 138 Å². The molecule has 0 fully saturated rings. The maximum absolute atomic E-state index is 11.3. The fraction of sp³-hybridized carbons (Fsp3) is 0.211. The lowest BCUT2D eigenvalue weighted by Crippen LogP contribution is -2.01. The highest BCUT2D eigenvalue weighted by Crippen LogP contribution is 2.14. The number of allylic oxidation sites excluding steroid dienone is 1. The van der Waals surface area contributed by atoms with Crippen LogP contribution in [0.4, 0.5) is 17.1 Å². The van der Waals surface area contributed by atoms with Crippen molar-refractivity contribution in [2.24, 2.45) is 5.92 Å². The maximum Gasteiger partial charge on any atom is 0.158 e. The first-order valence-corrected chi connectivity index (χ1v) is 7.53. The minimum absolute atomic E-state index is 0.0484. The number of rotatable bonds is 4. The molecule has 0 aliphatic heterocycles. The third-order valence-electron chi connectivity index (χ3n) is 3.15. The molecule has 4 heteroatoms. The number of hydrogen-bond acceptors (Lipinski definition) is 4. The molecule has 0 spiro atoms. The first-order chi connectivity index (χ1) is 10.9. The minimum atomic E-state index is 0.0484. The molecule has 0 atom stereocenters. The largest absolute Gasteiger partial charge is 0.399 e. The fourth-order valence-corrected chi connectivity index (χ4v) is 1.76. The second-order valence-corrected chi connectivity index (χ2v) is 5.40. The Morgan fingerprint density at radius 1 is 1.09 bits per heavy atom. The number of nitrogen functional groups attached to an aromatic ring is 2. The van der Waals surface area contributed by atoms with E-state index in [2.05, 4.69) is 5.32 Å². The van der Waals surface area contributed by atoms with Crippen LogP contribution in [0.5, 0.6) is 0 Å². The topological polar surface area (TPSA) is 81.1 Å². The van der Waals surface area contributed by atoms with E-state index in [1.165, 1.54) is 0 Å². The molecule has 0 radical (unpaired) electrons. The van der Waals surface area contributed by atoms with Gasteiger partial charge >= 0.3 is 0 Å². The van der Waals surface area contributed by atoms with Crippen LogP contribution in [0.1, 0.15) is 19.4 Å². The predicted molar refractivity (Wildman–Crippen MR) is 100 cm³/mol. The average Bonchev–Trinajstić information content (AvgIpc) is 2.53. The summed E-state index contributed by atoms with van der Waals surface area (Å²) in [6.45, 7) is 3.76. The van der Waals surface area contributed by atoms with Crippen LogP contribution in [0.2, 0.25) is 0 Å². The highest BCUT2D eigenvalue weighted by molar-refractivity contribution is 5.94. The van der Waals surface area contributed by atoms with Gasteiger partial charge in [-0.3, -0.25) is 4.79 Å². The quantitative estimate of drug-likeness (QED) is 0.592. The van der Waals surface area contributed by atoms with E-state index in [0.717, 1.165) is 16.9 Å². The van der Waals surface area contributed by atoms with Gasteiger partial charge in [-0.25, -0.2) is 0 Å². The molecule has 2 aromatic rings. The standard InChI is InChI=1S/C12H15NO.C7H10N2/c1-9(2)12(14)7-6-10-4-3-5-11(13)8-10;1-9-7-5-3-2-4-6(7)8/h3-9H,13H2,1-2H3;2-5,9H,8H2,1H3/b7-6+;. The SMILES string of the molecule is CC(C)C(=O)/C=C/c1cccc(N)c1.CNc1ccccc1N. The zero-order chi connectivity index (χ0) is 17.2. The molecular weight excluding hydrogens is 286 g/mol. The van der Waals surface area contributed by atoms with Gasteiger partial charge in [-0.05, 0) is 35.9 Å². The Bertz CT molecular complexity index is 663. The number of carbonyl (C=O) groups excluding carboxylic acids is 1. The Balaban J connectivity index is 0.000000253. The van der Waals surface area contributed by atoms with Crippen molar-refractivity contribution >= 4 is 28.9 Å². The average molecular weight is 311 g/mol. The van der Waals surface area contributed by atoms with Crippen LogP contribution < -0.4 is 16.8 Å². The minimum Gasteiger partial charge on any atom is -0.399 e. The summed E-state index contributed by atoms with van der Waals surface area (Å²) in [5, 5.41) is 2.97. The van der Waals surface area contributed by atoms with Gasteiger partial charge in [-0.2, -0.15) is 0 Å². The molecule has 5 N–H and O–H groups in total. The first-order valence-electron chi connectivity index (χ1n) is 7.53. The monoisotopic (exact) mass is 311 g/mol. The van der Waals surface area contributed by atoms with Crippen molar-refractivity contribution in [1.29, 1.82) is 0 Å². The molecule has 0 saturated carbocycles. The van der Waals surface area contributed by atoms with Crippen LogP contribution in [0.3, 0.4) is 0 Å². The smallest absolute Gasteiger partial charge is 0.158 e. The second kappa shape index (κ2) is 9.30. The number of nitrogens with one attached hydrogen (secondary N) is 1. The lowest BCUT2D eigenvalue weighted by atomic mass is 10.1. The number of ketones is 1. The first kappa shape index (κ1) is 18.3. The zero-order valence-electron chi connectivity index (χ0n) is 13.9. The van der Waals surface area contributed by atoms with Gasteiger partial charge in [0.05, 0.1) is 11.4 Å². The van der Waals surface area contributed by atoms with Crippen molar-refractivity contribution in [3.05, 3.63) is 60.2 Å². The van der Waals surface area contributed by atoms with Gasteiger partial charge in [-0.1, -0.05) is 44.2 Å². The molecule has 0 aliphatic rings. The third kappa shape index (κ3) is 6.70. The van der Waals surface area contributed by atoms with E-state index >= 15 is 0 Å². The lowest BCUT2D eigenvalue weighted by molar-refractivity contribution is -0.117. The van der Waals surface area contributed by atoms with Gasteiger partial charge in [0.1, 0.15) is 0 Å². The molecule has 0 saturated heterocycles. The van der Waals surface area contributed by atoms with Crippen molar-refractivity contribution < 1.29 is 4.79 Å². The van der Waals surface area contributed by atoms with E-state index in [-0.39, 0.29) is 11.7 Å². The van der Waals surface area contributed by atoms with Crippen LogP contribution >= 0.6 is 0 Å². The Morgan fingerprint density at radius 3 is 2.30 bits per heavy atom. The summed E-state index contributed by atoms with van der Waals surface area (Å²) in [5.41, 5.74) is 14.6. The molecular formula is C19H25N3O. The third-order valence-corrected chi connectivity index (χ3v) is 3.15. The van der Waals surface area contributed by atoms with Crippen LogP contribution in [-0.4, -0.2) is 12.8 Å². The number of para-hydroxylation sites is 2. The van der Waals surface area contributed by atoms with Crippen molar-refractivity contribution in [1.82, 2.24) is 0 Å². The number of nitrogens with two attached hydrogens (primary N) is 2. The van der Waals surface area contributed by atoms with Gasteiger partial charge in [-0.15, -0.1) is 0 Å². The van der Waals surface area contributed by atoms with Crippen molar-refractivity contribution in [2.75, 3.05) is 23.8 Å². The van der Waals surface area contributed by atoms with Gasteiger partial charge in [0.2, 0.25) is 0 Å². The summed E-state index contributed by atoms with van der Waals surface area (Å²) in [6, 6.07) is 15.1. The highest BCUT2D eigenvalue weighted by atomic mass is 16.1. The van der Waals surface area contributed by atoms with Gasteiger partial charge in [0.25, 0.3) is 0 Å². The molecule has 0 amide bonds. The lowest BCUT2D eigenvalue weighted by Gasteiger charge is -2.01. The molecule has 0 heterocycles. The molecule has 0 aliphatic carbocycles. The van der Waals surface area contributed by atoms with Crippen LogP contribution in [0.15, 0.2) is 54.6 Å². The summed E-state index contributed by atoms with van der Waals surface area (Å²) >= 11 is 0. The summed E-state index contributed by atoms with van der Waals surface area (Å²) in [6.07, 6.45) is 3.39. The van der Waals surface area contributed by atoms with E-state index in [0.29, 0.717) is 5.69 Å². The zero-order valence-corrected chi connectivity index (χ0v) is 13.9. The van der Waals surface area contributed by atoms with Crippen molar-refractivity contribution in [3.63, 3.8) is 0 Å². The van der Waals surface area contributed by atoms with Gasteiger partial charge in [0, 0.05) is 18.7 Å². The van der Waals surface area contributed by atoms with Gasteiger partial charge in [0.15, 0.2) is 5.78 Å². The summed E-state index contributed by atoms with van der Waals surface area (Å²) < 4.78 is 0. The molecule has 0 bridgehead atoms. The van der Waals surface area contributed by atoms with E-state index in [1.54, 1.807) is 12.2 Å².